The van der Waals surface area contributed by atoms with Crippen LogP contribution in [0, 0.1) is 0 Å². The number of anilines is 2. The van der Waals surface area contributed by atoms with E-state index in [1.807, 2.05) is 30.3 Å². The summed E-state index contributed by atoms with van der Waals surface area (Å²) < 4.78 is 5.31. The number of piperazine rings is 1. The van der Waals surface area contributed by atoms with Crippen LogP contribution >= 0.6 is 0 Å². The van der Waals surface area contributed by atoms with E-state index in [0.29, 0.717) is 44.4 Å². The predicted molar refractivity (Wildman–Crippen MR) is 117 cm³/mol. The minimum atomic E-state index is -0.242. The number of pyridine rings is 1. The first-order valence-electron chi connectivity index (χ1n) is 10.3. The topological polar surface area (TPSA) is 97.5 Å². The van der Waals surface area contributed by atoms with E-state index in [2.05, 4.69) is 21.8 Å². The molecule has 1 aliphatic rings. The first kappa shape index (κ1) is 19.9. The van der Waals surface area contributed by atoms with Crippen molar-refractivity contribution in [2.24, 2.45) is 0 Å². The fourth-order valence-corrected chi connectivity index (χ4v) is 3.45. The third-order valence-electron chi connectivity index (χ3n) is 5.17. The number of benzene rings is 1. The average molecular weight is 406 g/mol. The zero-order valence-electron chi connectivity index (χ0n) is 17.1. The number of unbranched alkanes of at least 4 members (excludes halogenated alkanes) is 1. The van der Waals surface area contributed by atoms with E-state index in [1.54, 1.807) is 17.2 Å². The monoisotopic (exact) mass is 406 g/mol. The molecule has 30 heavy (non-hydrogen) atoms. The number of ether oxygens (including phenoxy) is 1. The Labute approximate surface area is 175 Å². The highest BCUT2D eigenvalue weighted by Crippen LogP contribution is 2.24. The number of rotatable bonds is 5. The van der Waals surface area contributed by atoms with Crippen molar-refractivity contribution in [2.45, 2.75) is 19.8 Å². The Morgan fingerprint density at radius 1 is 1.13 bits per heavy atom. The number of hydrogen-bond donors (Lipinski definition) is 1. The number of fused-ring (bicyclic) bond motifs is 1. The van der Waals surface area contributed by atoms with Crippen LogP contribution < -0.4 is 10.6 Å². The van der Waals surface area contributed by atoms with Crippen molar-refractivity contribution < 1.29 is 9.53 Å². The maximum Gasteiger partial charge on any atom is 0.409 e. The zero-order valence-corrected chi connectivity index (χ0v) is 17.1. The van der Waals surface area contributed by atoms with E-state index in [4.69, 9.17) is 15.5 Å². The molecular formula is C22H26N6O2. The molecule has 0 atom stereocenters. The van der Waals surface area contributed by atoms with Crippen molar-refractivity contribution in [1.82, 2.24) is 19.9 Å². The van der Waals surface area contributed by atoms with Gasteiger partial charge in [-0.3, -0.25) is 4.98 Å². The molecule has 1 fully saturated rings. The van der Waals surface area contributed by atoms with Gasteiger partial charge in [0.1, 0.15) is 11.6 Å². The smallest absolute Gasteiger partial charge is 0.409 e. The van der Waals surface area contributed by atoms with E-state index in [1.165, 1.54) is 0 Å². The Morgan fingerprint density at radius 2 is 1.93 bits per heavy atom. The van der Waals surface area contributed by atoms with Gasteiger partial charge in [0, 0.05) is 49.4 Å². The summed E-state index contributed by atoms with van der Waals surface area (Å²) in [4.78, 5) is 29.6. The van der Waals surface area contributed by atoms with Crippen LogP contribution in [0.5, 0.6) is 0 Å². The second-order valence-corrected chi connectivity index (χ2v) is 7.33. The highest BCUT2D eigenvalue weighted by molar-refractivity contribution is 5.82. The first-order chi connectivity index (χ1) is 14.6. The summed E-state index contributed by atoms with van der Waals surface area (Å²) in [6.45, 7) is 5.04. The zero-order chi connectivity index (χ0) is 20.9. The van der Waals surface area contributed by atoms with Gasteiger partial charge >= 0.3 is 6.09 Å². The van der Waals surface area contributed by atoms with E-state index in [9.17, 15) is 4.79 Å². The van der Waals surface area contributed by atoms with Crippen LogP contribution in [0.15, 0.2) is 42.6 Å². The van der Waals surface area contributed by atoms with E-state index in [0.717, 1.165) is 35.1 Å². The summed E-state index contributed by atoms with van der Waals surface area (Å²) in [6, 6.07) is 11.7. The third-order valence-corrected chi connectivity index (χ3v) is 5.17. The van der Waals surface area contributed by atoms with Gasteiger partial charge in [-0.25, -0.2) is 14.8 Å². The van der Waals surface area contributed by atoms with Crippen molar-refractivity contribution in [3.63, 3.8) is 0 Å². The Hall–Kier alpha value is -3.42. The summed E-state index contributed by atoms with van der Waals surface area (Å²) in [7, 11) is 0. The molecule has 0 saturated carbocycles. The Balaban J connectivity index is 1.48. The molecule has 1 aliphatic heterocycles. The standard InChI is InChI=1S/C22H26N6O2/c1-2-3-12-30-22(29)28-10-8-27(9-11-28)20-14-19(23)25-21(26-20)17-13-16-6-4-5-7-18(16)24-15-17/h4-7,13-15H,2-3,8-12H2,1H3,(H2,23,25,26). The molecule has 1 amide bonds. The van der Waals surface area contributed by atoms with Crippen LogP contribution in [-0.4, -0.2) is 58.7 Å². The molecule has 1 aromatic carbocycles. The Bertz CT molecular complexity index is 1030. The lowest BCUT2D eigenvalue weighted by molar-refractivity contribution is 0.0989. The molecule has 2 aromatic heterocycles. The van der Waals surface area contributed by atoms with E-state index < -0.39 is 0 Å². The molecule has 8 nitrogen and oxygen atoms in total. The van der Waals surface area contributed by atoms with Gasteiger partial charge in [0.25, 0.3) is 0 Å². The van der Waals surface area contributed by atoms with Crippen LogP contribution in [0.2, 0.25) is 0 Å². The number of hydrogen-bond acceptors (Lipinski definition) is 7. The van der Waals surface area contributed by atoms with E-state index in [-0.39, 0.29) is 6.09 Å². The summed E-state index contributed by atoms with van der Waals surface area (Å²) in [5.74, 6) is 1.71. The number of carbonyl (C=O) groups is 1. The van der Waals surface area contributed by atoms with E-state index >= 15 is 0 Å². The largest absolute Gasteiger partial charge is 0.449 e. The van der Waals surface area contributed by atoms with Gasteiger partial charge in [-0.2, -0.15) is 0 Å². The van der Waals surface area contributed by atoms with Crippen molar-refractivity contribution in [3.8, 4) is 11.4 Å². The van der Waals surface area contributed by atoms with Gasteiger partial charge in [0.05, 0.1) is 12.1 Å². The Kier molecular flexibility index (Phi) is 5.92. The minimum Gasteiger partial charge on any atom is -0.449 e. The number of para-hydroxylation sites is 1. The minimum absolute atomic E-state index is 0.242. The molecular weight excluding hydrogens is 380 g/mol. The molecule has 8 heteroatoms. The molecule has 0 bridgehead atoms. The third kappa shape index (κ3) is 4.42. The number of nitrogens with zero attached hydrogens (tertiary/aromatic N) is 5. The number of aromatic nitrogens is 3. The molecule has 0 aliphatic carbocycles. The maximum atomic E-state index is 12.1. The Morgan fingerprint density at radius 3 is 2.73 bits per heavy atom. The van der Waals surface area contributed by atoms with Gasteiger partial charge in [-0.15, -0.1) is 0 Å². The molecule has 0 radical (unpaired) electrons. The van der Waals surface area contributed by atoms with Crippen molar-refractivity contribution in [1.29, 1.82) is 0 Å². The number of nitrogens with two attached hydrogens (primary N) is 1. The van der Waals surface area contributed by atoms with Gasteiger partial charge in [-0.05, 0) is 18.6 Å². The fourth-order valence-electron chi connectivity index (χ4n) is 3.45. The molecule has 0 unspecified atom stereocenters. The molecule has 0 spiro atoms. The molecule has 2 N–H and O–H groups in total. The van der Waals surface area contributed by atoms with Crippen molar-refractivity contribution in [3.05, 3.63) is 42.6 Å². The van der Waals surface area contributed by atoms with Crippen LogP contribution in [0.3, 0.4) is 0 Å². The highest BCUT2D eigenvalue weighted by Gasteiger charge is 2.23. The SMILES string of the molecule is CCCCOC(=O)N1CCN(c2cc(N)nc(-c3cnc4ccccc4c3)n2)CC1. The predicted octanol–water partition coefficient (Wildman–Crippen LogP) is 3.33. The van der Waals surface area contributed by atoms with Gasteiger partial charge in [0.2, 0.25) is 0 Å². The number of nitrogen functional groups attached to an aromatic ring is 1. The van der Waals surface area contributed by atoms with Crippen molar-refractivity contribution in [2.75, 3.05) is 43.4 Å². The maximum absolute atomic E-state index is 12.1. The molecule has 156 valence electrons. The second kappa shape index (κ2) is 8.94. The summed E-state index contributed by atoms with van der Waals surface area (Å²) in [5, 5.41) is 1.03. The molecule has 3 heterocycles. The number of carbonyl (C=O) groups excluding carboxylic acids is 1. The highest BCUT2D eigenvalue weighted by atomic mass is 16.6. The lowest BCUT2D eigenvalue weighted by atomic mass is 10.1. The molecule has 3 aromatic rings. The van der Waals surface area contributed by atoms with Crippen LogP contribution in [-0.2, 0) is 4.74 Å². The molecule has 1 saturated heterocycles. The summed E-state index contributed by atoms with van der Waals surface area (Å²) in [6.07, 6.45) is 3.42. The van der Waals surface area contributed by atoms with Gasteiger partial charge in [-0.1, -0.05) is 31.5 Å². The fraction of sp³-hybridized carbons (Fsp3) is 0.364. The summed E-state index contributed by atoms with van der Waals surface area (Å²) in [5.41, 5.74) is 7.82. The number of amides is 1. The quantitative estimate of drug-likeness (QED) is 0.649. The van der Waals surface area contributed by atoms with Crippen LogP contribution in [0.4, 0.5) is 16.4 Å². The summed E-state index contributed by atoms with van der Waals surface area (Å²) >= 11 is 0. The van der Waals surface area contributed by atoms with Crippen molar-refractivity contribution >= 4 is 28.6 Å². The average Bonchev–Trinajstić information content (AvgIpc) is 2.78. The lowest BCUT2D eigenvalue weighted by Gasteiger charge is -2.34. The lowest BCUT2D eigenvalue weighted by Crippen LogP contribution is -2.49. The van der Waals surface area contributed by atoms with Crippen LogP contribution in [0.1, 0.15) is 19.8 Å². The van der Waals surface area contributed by atoms with Gasteiger partial charge < -0.3 is 20.3 Å². The molecule has 4 rings (SSSR count). The second-order valence-electron chi connectivity index (χ2n) is 7.33. The first-order valence-corrected chi connectivity index (χ1v) is 10.3. The van der Waals surface area contributed by atoms with Gasteiger partial charge in [0.15, 0.2) is 5.82 Å². The van der Waals surface area contributed by atoms with Crippen LogP contribution in [0.25, 0.3) is 22.3 Å². The normalized spacial score (nSPS) is 14.2.